The number of halogens is 4. The zero-order valence-corrected chi connectivity index (χ0v) is 18.8. The number of carbonyl (C=O) groups is 1. The third kappa shape index (κ3) is 6.68. The van der Waals surface area contributed by atoms with Crippen LogP contribution in [0.4, 0.5) is 35.3 Å². The quantitative estimate of drug-likeness (QED) is 0.363. The Morgan fingerprint density at radius 1 is 1.06 bits per heavy atom. The van der Waals surface area contributed by atoms with Crippen LogP contribution in [-0.4, -0.2) is 39.2 Å². The summed E-state index contributed by atoms with van der Waals surface area (Å²) in [5.41, 5.74) is -0.117. The number of ether oxygens (including phenoxy) is 1. The number of aliphatic hydroxyl groups is 1. The molecule has 0 fully saturated rings. The van der Waals surface area contributed by atoms with Crippen molar-refractivity contribution in [3.05, 3.63) is 58.4 Å². The SMILES string of the molecule is Cc1nc(NCCO)nc(Oc2cc(NC(=O)Nc3ccc(Cl)c(C(F)(F)F)c3)ccc2C)n1. The van der Waals surface area contributed by atoms with Crippen LogP contribution < -0.4 is 20.7 Å². The highest BCUT2D eigenvalue weighted by Gasteiger charge is 2.33. The molecule has 0 bridgehead atoms. The summed E-state index contributed by atoms with van der Waals surface area (Å²) in [6.45, 7) is 3.55. The number of rotatable bonds is 7. The van der Waals surface area contributed by atoms with Crippen LogP contribution in [0, 0.1) is 13.8 Å². The maximum Gasteiger partial charge on any atom is 0.417 e. The molecule has 34 heavy (non-hydrogen) atoms. The van der Waals surface area contributed by atoms with Gasteiger partial charge >= 0.3 is 18.2 Å². The van der Waals surface area contributed by atoms with Crippen LogP contribution in [-0.2, 0) is 6.18 Å². The summed E-state index contributed by atoms with van der Waals surface area (Å²) in [5.74, 6) is 0.948. The smallest absolute Gasteiger partial charge is 0.417 e. The maximum atomic E-state index is 13.0. The second kappa shape index (κ2) is 10.5. The molecule has 1 heterocycles. The summed E-state index contributed by atoms with van der Waals surface area (Å²) in [5, 5.41) is 16.1. The van der Waals surface area contributed by atoms with Crippen molar-refractivity contribution in [3.63, 3.8) is 0 Å². The summed E-state index contributed by atoms with van der Waals surface area (Å²) < 4.78 is 44.8. The van der Waals surface area contributed by atoms with Gasteiger partial charge in [-0.05, 0) is 43.7 Å². The normalized spacial score (nSPS) is 11.1. The summed E-state index contributed by atoms with van der Waals surface area (Å²) in [7, 11) is 0. The van der Waals surface area contributed by atoms with Gasteiger partial charge in [0, 0.05) is 24.0 Å². The highest BCUT2D eigenvalue weighted by molar-refractivity contribution is 6.31. The van der Waals surface area contributed by atoms with E-state index in [4.69, 9.17) is 21.4 Å². The lowest BCUT2D eigenvalue weighted by Crippen LogP contribution is -2.20. The number of amides is 2. The third-order valence-corrected chi connectivity index (χ3v) is 4.63. The van der Waals surface area contributed by atoms with Crippen LogP contribution >= 0.6 is 11.6 Å². The second-order valence-electron chi connectivity index (χ2n) is 6.99. The first-order chi connectivity index (χ1) is 16.0. The molecule has 4 N–H and O–H groups in total. The van der Waals surface area contributed by atoms with Gasteiger partial charge in [0.05, 0.1) is 17.2 Å². The van der Waals surface area contributed by atoms with Crippen LogP contribution in [0.3, 0.4) is 0 Å². The predicted molar refractivity (Wildman–Crippen MR) is 120 cm³/mol. The molecule has 0 aliphatic rings. The number of hydrogen-bond acceptors (Lipinski definition) is 7. The Bertz CT molecular complexity index is 1190. The zero-order chi connectivity index (χ0) is 24.9. The van der Waals surface area contributed by atoms with E-state index in [0.717, 1.165) is 12.1 Å². The third-order valence-electron chi connectivity index (χ3n) is 4.30. The predicted octanol–water partition coefficient (Wildman–Crippen LogP) is 5.00. The number of aromatic nitrogens is 3. The van der Waals surface area contributed by atoms with Crippen molar-refractivity contribution in [2.45, 2.75) is 20.0 Å². The number of alkyl halides is 3. The molecule has 0 radical (unpaired) electrons. The number of benzene rings is 2. The van der Waals surface area contributed by atoms with Gasteiger partial charge in [0.15, 0.2) is 0 Å². The number of carbonyl (C=O) groups excluding carboxylic acids is 1. The molecule has 0 saturated heterocycles. The van der Waals surface area contributed by atoms with E-state index in [1.165, 1.54) is 12.1 Å². The Morgan fingerprint density at radius 3 is 2.41 bits per heavy atom. The minimum atomic E-state index is -4.66. The lowest BCUT2D eigenvalue weighted by molar-refractivity contribution is -0.137. The minimum Gasteiger partial charge on any atom is -0.424 e. The molecular weight excluding hydrogens is 477 g/mol. The summed E-state index contributed by atoms with van der Waals surface area (Å²) in [6.07, 6.45) is -4.66. The van der Waals surface area contributed by atoms with Crippen molar-refractivity contribution in [2.24, 2.45) is 0 Å². The van der Waals surface area contributed by atoms with Crippen LogP contribution in [0.1, 0.15) is 17.0 Å². The average Bonchev–Trinajstić information content (AvgIpc) is 2.75. The maximum absolute atomic E-state index is 13.0. The summed E-state index contributed by atoms with van der Waals surface area (Å²) in [4.78, 5) is 24.7. The first kappa shape index (κ1) is 25.0. The lowest BCUT2D eigenvalue weighted by Gasteiger charge is -2.13. The van der Waals surface area contributed by atoms with E-state index < -0.39 is 22.8 Å². The minimum absolute atomic E-state index is 0.00140. The fraction of sp³-hybridized carbons (Fsp3) is 0.238. The fourth-order valence-corrected chi connectivity index (χ4v) is 2.97. The number of anilines is 3. The van der Waals surface area contributed by atoms with Gasteiger partial charge < -0.3 is 25.8 Å². The molecule has 2 amide bonds. The molecule has 0 aliphatic carbocycles. The topological polar surface area (TPSA) is 121 Å². The number of hydrogen-bond donors (Lipinski definition) is 4. The first-order valence-corrected chi connectivity index (χ1v) is 10.2. The van der Waals surface area contributed by atoms with Crippen molar-refractivity contribution in [1.82, 2.24) is 15.0 Å². The summed E-state index contributed by atoms with van der Waals surface area (Å²) in [6, 6.07) is 7.07. The first-order valence-electron chi connectivity index (χ1n) is 9.86. The van der Waals surface area contributed by atoms with Gasteiger partial charge in [-0.25, -0.2) is 4.79 Å². The van der Waals surface area contributed by atoms with Gasteiger partial charge in [0.2, 0.25) is 5.95 Å². The van der Waals surface area contributed by atoms with Gasteiger partial charge in [-0.3, -0.25) is 0 Å². The van der Waals surface area contributed by atoms with Gasteiger partial charge in [-0.2, -0.15) is 28.1 Å². The molecule has 0 unspecified atom stereocenters. The Balaban J connectivity index is 1.73. The molecule has 3 aromatic rings. The number of nitrogens with zero attached hydrogens (tertiary/aromatic N) is 3. The van der Waals surface area contributed by atoms with E-state index in [-0.39, 0.29) is 30.8 Å². The zero-order valence-electron chi connectivity index (χ0n) is 18.0. The van der Waals surface area contributed by atoms with E-state index in [2.05, 4.69) is 30.9 Å². The molecule has 180 valence electrons. The van der Waals surface area contributed by atoms with E-state index in [1.807, 2.05) is 0 Å². The Morgan fingerprint density at radius 2 is 1.74 bits per heavy atom. The van der Waals surface area contributed by atoms with Crippen LogP contribution in [0.5, 0.6) is 11.8 Å². The Hall–Kier alpha value is -3.64. The van der Waals surface area contributed by atoms with E-state index in [0.29, 0.717) is 22.8 Å². The fourth-order valence-electron chi connectivity index (χ4n) is 2.75. The van der Waals surface area contributed by atoms with Crippen LogP contribution in [0.2, 0.25) is 5.02 Å². The average molecular weight is 497 g/mol. The summed E-state index contributed by atoms with van der Waals surface area (Å²) >= 11 is 5.60. The van der Waals surface area contributed by atoms with Gasteiger partial charge in [-0.1, -0.05) is 17.7 Å². The van der Waals surface area contributed by atoms with Crippen LogP contribution in [0.15, 0.2) is 36.4 Å². The van der Waals surface area contributed by atoms with Crippen molar-refractivity contribution in [1.29, 1.82) is 0 Å². The molecular formula is C21H20ClF3N6O3. The number of aliphatic hydroxyl groups excluding tert-OH is 1. The van der Waals surface area contributed by atoms with E-state index in [1.54, 1.807) is 26.0 Å². The molecule has 9 nitrogen and oxygen atoms in total. The number of aryl methyl sites for hydroxylation is 2. The molecule has 3 rings (SSSR count). The number of urea groups is 1. The van der Waals surface area contributed by atoms with Gasteiger partial charge in [-0.15, -0.1) is 0 Å². The second-order valence-corrected chi connectivity index (χ2v) is 7.40. The lowest BCUT2D eigenvalue weighted by atomic mass is 10.2. The highest BCUT2D eigenvalue weighted by atomic mass is 35.5. The number of nitrogens with one attached hydrogen (secondary N) is 3. The largest absolute Gasteiger partial charge is 0.424 e. The van der Waals surface area contributed by atoms with Gasteiger partial charge in [0.1, 0.15) is 11.6 Å². The van der Waals surface area contributed by atoms with E-state index in [9.17, 15) is 18.0 Å². The van der Waals surface area contributed by atoms with Crippen molar-refractivity contribution < 1.29 is 27.8 Å². The van der Waals surface area contributed by atoms with E-state index >= 15 is 0 Å². The molecule has 1 aromatic heterocycles. The molecule has 0 saturated carbocycles. The Kier molecular flexibility index (Phi) is 7.74. The molecule has 0 aliphatic heterocycles. The highest BCUT2D eigenvalue weighted by Crippen LogP contribution is 2.36. The molecule has 2 aromatic carbocycles. The Labute approximate surface area is 197 Å². The van der Waals surface area contributed by atoms with Crippen LogP contribution in [0.25, 0.3) is 0 Å². The van der Waals surface area contributed by atoms with Crippen molar-refractivity contribution >= 4 is 35.0 Å². The molecule has 0 atom stereocenters. The van der Waals surface area contributed by atoms with Crippen molar-refractivity contribution in [3.8, 4) is 11.8 Å². The van der Waals surface area contributed by atoms with Crippen molar-refractivity contribution in [2.75, 3.05) is 29.1 Å². The van der Waals surface area contributed by atoms with Gasteiger partial charge in [0.25, 0.3) is 0 Å². The molecule has 13 heteroatoms. The standard InChI is InChI=1S/C21H20ClF3N6O3/c1-11-3-4-14(10-17(11)34-20-28-12(2)27-18(31-20)26-7-8-32)30-19(33)29-13-5-6-16(22)15(9-13)21(23,24)25/h3-6,9-10,32H,7-8H2,1-2H3,(H2,29,30,33)(H,26,27,28,31). The molecule has 0 spiro atoms. The monoisotopic (exact) mass is 496 g/mol.